The summed E-state index contributed by atoms with van der Waals surface area (Å²) in [6.45, 7) is 13.0. The molecule has 1 aromatic rings. The molecule has 0 aliphatic carbocycles. The van der Waals surface area contributed by atoms with Crippen molar-refractivity contribution < 1.29 is 24.9 Å². The summed E-state index contributed by atoms with van der Waals surface area (Å²) in [6, 6.07) is -0.0824. The maximum atomic E-state index is 12.9. The number of ether oxygens (including phenoxy) is 1. The number of epoxide rings is 1. The lowest BCUT2D eigenvalue weighted by Crippen LogP contribution is -2.45. The lowest BCUT2D eigenvalue weighted by Gasteiger charge is -2.34. The molecule has 1 aliphatic heterocycles. The van der Waals surface area contributed by atoms with Gasteiger partial charge < -0.3 is 25.8 Å². The summed E-state index contributed by atoms with van der Waals surface area (Å²) in [5.74, 6) is -0.835. The third-order valence-corrected chi connectivity index (χ3v) is 8.60. The summed E-state index contributed by atoms with van der Waals surface area (Å²) in [7, 11) is 0. The first kappa shape index (κ1) is 30.1. The van der Waals surface area contributed by atoms with Crippen LogP contribution in [0, 0.1) is 24.2 Å². The zero-order chi connectivity index (χ0) is 26.6. The van der Waals surface area contributed by atoms with Crippen molar-refractivity contribution in [1.82, 2.24) is 4.98 Å². The van der Waals surface area contributed by atoms with Gasteiger partial charge >= 0.3 is 0 Å². The Kier molecular flexibility index (Phi) is 10.6. The van der Waals surface area contributed by atoms with Gasteiger partial charge in [-0.15, -0.1) is 11.3 Å². The van der Waals surface area contributed by atoms with Gasteiger partial charge in [-0.2, -0.15) is 0 Å². The number of nitrogens with zero attached hydrogens (tertiary/aromatic N) is 1. The highest BCUT2D eigenvalue weighted by atomic mass is 32.1. The van der Waals surface area contributed by atoms with Crippen LogP contribution >= 0.6 is 11.3 Å². The van der Waals surface area contributed by atoms with Crippen molar-refractivity contribution in [1.29, 1.82) is 0 Å². The van der Waals surface area contributed by atoms with E-state index in [1.54, 1.807) is 32.1 Å². The summed E-state index contributed by atoms with van der Waals surface area (Å²) >= 11 is 1.63. The molecule has 0 aromatic carbocycles. The Morgan fingerprint density at radius 2 is 2.00 bits per heavy atom. The zero-order valence-corrected chi connectivity index (χ0v) is 23.3. The van der Waals surface area contributed by atoms with Crippen molar-refractivity contribution in [2.75, 3.05) is 6.61 Å². The molecule has 1 saturated heterocycles. The molecule has 1 aliphatic rings. The molecule has 7 nitrogen and oxygen atoms in total. The lowest BCUT2D eigenvalue weighted by molar-refractivity contribution is -0.142. The average molecular weight is 511 g/mol. The highest BCUT2D eigenvalue weighted by Crippen LogP contribution is 2.44. The van der Waals surface area contributed by atoms with Crippen molar-refractivity contribution >= 4 is 23.2 Å². The largest absolute Gasteiger partial charge is 0.396 e. The molecule has 8 heteroatoms. The Balaban J connectivity index is 1.79. The van der Waals surface area contributed by atoms with Crippen LogP contribution in [0.15, 0.2) is 11.0 Å². The molecule has 2 rings (SSSR count). The molecule has 1 aromatic heterocycles. The number of thiazole rings is 1. The van der Waals surface area contributed by atoms with Crippen molar-refractivity contribution in [2.24, 2.45) is 23.0 Å². The average Bonchev–Trinajstić information content (AvgIpc) is 3.23. The van der Waals surface area contributed by atoms with Gasteiger partial charge in [0.15, 0.2) is 0 Å². The summed E-state index contributed by atoms with van der Waals surface area (Å²) in [4.78, 5) is 17.4. The van der Waals surface area contributed by atoms with Crippen LogP contribution in [0.4, 0.5) is 0 Å². The topological polar surface area (TPSA) is 129 Å². The Bertz CT molecular complexity index is 870. The van der Waals surface area contributed by atoms with Crippen molar-refractivity contribution in [3.63, 3.8) is 0 Å². The number of aliphatic hydroxyl groups excluding tert-OH is 3. The number of Topliss-reactive ketones (excluding diaryl/α,β-unsaturated/α-hetero) is 1. The minimum atomic E-state index is -1.02. The van der Waals surface area contributed by atoms with Crippen LogP contribution in [-0.2, 0) is 9.53 Å². The van der Waals surface area contributed by atoms with Crippen molar-refractivity contribution in [3.05, 3.63) is 21.7 Å². The fraction of sp³-hybridized carbons (Fsp3) is 0.778. The van der Waals surface area contributed by atoms with Gasteiger partial charge in [-0.1, -0.05) is 39.7 Å². The van der Waals surface area contributed by atoms with E-state index in [2.05, 4.69) is 11.9 Å². The molecular weight excluding hydrogens is 464 g/mol. The smallest absolute Gasteiger partial charge is 0.146 e. The zero-order valence-electron chi connectivity index (χ0n) is 22.5. The Labute approximate surface area is 214 Å². The minimum absolute atomic E-state index is 0.0606. The van der Waals surface area contributed by atoms with Gasteiger partial charge in [-0.3, -0.25) is 4.79 Å². The first-order valence-electron chi connectivity index (χ1n) is 12.8. The van der Waals surface area contributed by atoms with E-state index in [9.17, 15) is 15.0 Å². The van der Waals surface area contributed by atoms with E-state index in [1.165, 1.54) is 0 Å². The molecule has 0 spiro atoms. The molecule has 7 unspecified atom stereocenters. The molecule has 5 N–H and O–H groups in total. The van der Waals surface area contributed by atoms with E-state index in [0.29, 0.717) is 0 Å². The SMILES string of the molecule is CC(=Cc1csc(C)n1)C(N)CC1OC1(C)CCCC(C)C(O)C(C)C(=O)C(C)(C)C(O)CCO. The number of aryl methyl sites for hydroxylation is 1. The molecular formula is C27H46N2O5S. The van der Waals surface area contributed by atoms with Gasteiger partial charge in [0.25, 0.3) is 0 Å². The van der Waals surface area contributed by atoms with E-state index >= 15 is 0 Å². The second kappa shape index (κ2) is 12.4. The monoisotopic (exact) mass is 510 g/mol. The third kappa shape index (κ3) is 7.91. The second-order valence-corrected chi connectivity index (χ2v) is 12.3. The van der Waals surface area contributed by atoms with E-state index in [4.69, 9.17) is 15.6 Å². The molecule has 0 bridgehead atoms. The van der Waals surface area contributed by atoms with Crippen LogP contribution in [-0.4, -0.2) is 62.6 Å². The Hall–Kier alpha value is -1.16. The van der Waals surface area contributed by atoms with Crippen LogP contribution in [0.25, 0.3) is 6.08 Å². The lowest BCUT2D eigenvalue weighted by atomic mass is 9.73. The van der Waals surface area contributed by atoms with Crippen LogP contribution in [0.1, 0.15) is 84.3 Å². The van der Waals surface area contributed by atoms with Gasteiger partial charge in [0.1, 0.15) is 5.78 Å². The summed E-state index contributed by atoms with van der Waals surface area (Å²) in [5, 5.41) is 33.2. The predicted molar refractivity (Wildman–Crippen MR) is 141 cm³/mol. The fourth-order valence-corrected chi connectivity index (χ4v) is 5.41. The molecule has 0 saturated carbocycles. The van der Waals surface area contributed by atoms with Crippen LogP contribution in [0.2, 0.25) is 0 Å². The molecule has 200 valence electrons. The fourth-order valence-electron chi connectivity index (χ4n) is 4.84. The minimum Gasteiger partial charge on any atom is -0.396 e. The molecule has 0 amide bonds. The highest BCUT2D eigenvalue weighted by Gasteiger charge is 2.51. The first-order chi connectivity index (χ1) is 16.2. The third-order valence-electron chi connectivity index (χ3n) is 7.81. The van der Waals surface area contributed by atoms with E-state index in [-0.39, 0.29) is 42.5 Å². The number of carbonyl (C=O) groups excluding carboxylic acids is 1. The quantitative estimate of drug-likeness (QED) is 0.264. The van der Waals surface area contributed by atoms with Crippen LogP contribution in [0.3, 0.4) is 0 Å². The normalized spacial score (nSPS) is 25.1. The highest BCUT2D eigenvalue weighted by molar-refractivity contribution is 7.09. The Morgan fingerprint density at radius 3 is 2.57 bits per heavy atom. The number of ketones is 1. The Morgan fingerprint density at radius 1 is 1.34 bits per heavy atom. The van der Waals surface area contributed by atoms with E-state index in [1.807, 2.05) is 32.2 Å². The first-order valence-corrected chi connectivity index (χ1v) is 13.7. The number of carbonyl (C=O) groups is 1. The van der Waals surface area contributed by atoms with Gasteiger partial charge in [-0.25, -0.2) is 4.98 Å². The number of hydrogen-bond donors (Lipinski definition) is 4. The number of nitrogens with two attached hydrogens (primary N) is 1. The summed E-state index contributed by atoms with van der Waals surface area (Å²) in [5.41, 5.74) is 7.25. The standard InChI is InChI=1S/C27H46N2O5S/c1-16(24(32)18(3)25(33)26(5,6)22(31)10-12-30)9-8-11-27(7)23(34-27)14-21(28)17(2)13-20-15-35-19(4)29-20/h13,15-16,18,21-24,30-32H,8-12,14,28H2,1-7H3. The molecule has 0 radical (unpaired) electrons. The molecule has 2 heterocycles. The number of hydrogen-bond acceptors (Lipinski definition) is 8. The van der Waals surface area contributed by atoms with E-state index < -0.39 is 23.5 Å². The maximum Gasteiger partial charge on any atom is 0.146 e. The van der Waals surface area contributed by atoms with Crippen molar-refractivity contribution in [3.8, 4) is 0 Å². The molecule has 35 heavy (non-hydrogen) atoms. The van der Waals surface area contributed by atoms with Gasteiger partial charge in [-0.05, 0) is 58.4 Å². The number of rotatable bonds is 15. The van der Waals surface area contributed by atoms with Gasteiger partial charge in [0, 0.05) is 29.4 Å². The van der Waals surface area contributed by atoms with Gasteiger partial charge in [0.2, 0.25) is 0 Å². The number of aliphatic hydroxyl groups is 3. The van der Waals surface area contributed by atoms with Crippen LogP contribution < -0.4 is 5.73 Å². The van der Waals surface area contributed by atoms with Crippen molar-refractivity contribution in [2.45, 2.75) is 111 Å². The predicted octanol–water partition coefficient (Wildman–Crippen LogP) is 3.87. The van der Waals surface area contributed by atoms with E-state index in [0.717, 1.165) is 42.0 Å². The second-order valence-electron chi connectivity index (χ2n) is 11.2. The van der Waals surface area contributed by atoms with Crippen LogP contribution in [0.5, 0.6) is 0 Å². The molecule has 1 fully saturated rings. The van der Waals surface area contributed by atoms with Gasteiger partial charge in [0.05, 0.1) is 34.6 Å². The maximum absolute atomic E-state index is 12.9. The number of aromatic nitrogens is 1. The molecule has 7 atom stereocenters. The summed E-state index contributed by atoms with van der Waals surface area (Å²) < 4.78 is 6.02. The summed E-state index contributed by atoms with van der Waals surface area (Å²) in [6.07, 6.45) is 3.86.